The van der Waals surface area contributed by atoms with E-state index < -0.39 is 0 Å². The molecule has 6 nitrogen and oxygen atoms in total. The average Bonchev–Trinajstić information content (AvgIpc) is 3.15. The first-order chi connectivity index (χ1) is 15.4. The number of rotatable bonds is 2. The molecule has 4 heterocycles. The third kappa shape index (κ3) is 2.96. The highest BCUT2D eigenvalue weighted by atomic mass is 15.3. The van der Waals surface area contributed by atoms with Crippen LogP contribution in [0.25, 0.3) is 10.9 Å². The number of pyridine rings is 1. The summed E-state index contributed by atoms with van der Waals surface area (Å²) in [6, 6.07) is 18.1. The summed E-state index contributed by atoms with van der Waals surface area (Å²) in [5, 5.41) is 10.6. The fraction of sp³-hybridized carbons (Fsp3) is 0.385. The zero-order valence-corrected chi connectivity index (χ0v) is 18.6. The van der Waals surface area contributed by atoms with Gasteiger partial charge in [0, 0.05) is 67.3 Å². The number of nitrogens with two attached hydrogens (primary N) is 1. The summed E-state index contributed by atoms with van der Waals surface area (Å²) in [5.41, 5.74) is 12.9. The lowest BCUT2D eigenvalue weighted by atomic mass is 9.92. The van der Waals surface area contributed by atoms with Crippen molar-refractivity contribution in [3.63, 3.8) is 0 Å². The van der Waals surface area contributed by atoms with Crippen LogP contribution >= 0.6 is 0 Å². The Bertz CT molecular complexity index is 1250. The largest absolute Gasteiger partial charge is 0.368 e. The average molecular weight is 425 g/mol. The Kier molecular flexibility index (Phi) is 4.23. The lowest BCUT2D eigenvalue weighted by molar-refractivity contribution is 0.134. The van der Waals surface area contributed by atoms with E-state index >= 15 is 0 Å². The molecule has 0 bridgehead atoms. The third-order valence-corrected chi connectivity index (χ3v) is 7.36. The van der Waals surface area contributed by atoms with Gasteiger partial charge in [0.15, 0.2) is 0 Å². The number of piperazine rings is 1. The second kappa shape index (κ2) is 6.93. The summed E-state index contributed by atoms with van der Waals surface area (Å²) >= 11 is 0. The number of benzene rings is 2. The number of nitrogens with zero attached hydrogens (tertiary/aromatic N) is 5. The molecule has 6 rings (SSSR count). The minimum atomic E-state index is -0.0652. The normalized spacial score (nSPS) is 24.1. The summed E-state index contributed by atoms with van der Waals surface area (Å²) in [6.07, 6.45) is 1.77. The van der Waals surface area contributed by atoms with Crippen molar-refractivity contribution in [1.29, 1.82) is 5.26 Å². The first kappa shape index (κ1) is 19.5. The smallest absolute Gasteiger partial charge is 0.101 e. The number of nitriles is 1. The van der Waals surface area contributed by atoms with Crippen LogP contribution in [0.4, 0.5) is 11.4 Å². The highest BCUT2D eigenvalue weighted by molar-refractivity contribution is 5.95. The summed E-state index contributed by atoms with van der Waals surface area (Å²) in [4.78, 5) is 12.0. The van der Waals surface area contributed by atoms with Crippen LogP contribution < -0.4 is 15.5 Å². The van der Waals surface area contributed by atoms with Crippen molar-refractivity contribution in [2.24, 2.45) is 5.73 Å². The Morgan fingerprint density at radius 3 is 2.75 bits per heavy atom. The van der Waals surface area contributed by atoms with Gasteiger partial charge in [-0.15, -0.1) is 0 Å². The molecule has 0 saturated carbocycles. The molecule has 6 heteroatoms. The molecular weight excluding hydrogens is 396 g/mol. The van der Waals surface area contributed by atoms with Gasteiger partial charge in [-0.2, -0.15) is 5.26 Å². The molecule has 0 amide bonds. The van der Waals surface area contributed by atoms with Crippen LogP contribution in [0.2, 0.25) is 0 Å². The summed E-state index contributed by atoms with van der Waals surface area (Å²) in [5.74, 6) is 0. The summed E-state index contributed by atoms with van der Waals surface area (Å²) in [7, 11) is 0. The van der Waals surface area contributed by atoms with Gasteiger partial charge in [0.1, 0.15) is 6.07 Å². The molecule has 2 fully saturated rings. The van der Waals surface area contributed by atoms with Gasteiger partial charge in [0.2, 0.25) is 0 Å². The van der Waals surface area contributed by atoms with Crippen LogP contribution in [0.1, 0.15) is 36.6 Å². The quantitative estimate of drug-likeness (QED) is 0.680. The van der Waals surface area contributed by atoms with Crippen molar-refractivity contribution in [2.75, 3.05) is 36.0 Å². The van der Waals surface area contributed by atoms with E-state index in [1.807, 2.05) is 12.1 Å². The minimum absolute atomic E-state index is 0.0652. The van der Waals surface area contributed by atoms with Crippen LogP contribution in [0, 0.1) is 11.3 Å². The molecule has 0 spiro atoms. The van der Waals surface area contributed by atoms with Gasteiger partial charge < -0.3 is 15.5 Å². The topological polar surface area (TPSA) is 72.4 Å². The third-order valence-electron chi connectivity index (χ3n) is 7.36. The first-order valence-electron chi connectivity index (χ1n) is 11.4. The van der Waals surface area contributed by atoms with Crippen LogP contribution in [-0.2, 0) is 6.54 Å². The molecule has 2 saturated heterocycles. The minimum Gasteiger partial charge on any atom is -0.368 e. The molecule has 2 N–H and O–H groups in total. The number of hydrogen-bond donors (Lipinski definition) is 1. The van der Waals surface area contributed by atoms with E-state index in [0.717, 1.165) is 43.6 Å². The Hall–Kier alpha value is -3.14. The Labute approximate surface area is 188 Å². The van der Waals surface area contributed by atoms with Gasteiger partial charge in [-0.3, -0.25) is 9.88 Å². The Balaban J connectivity index is 1.32. The lowest BCUT2D eigenvalue weighted by Crippen LogP contribution is -2.65. The molecule has 3 aromatic rings. The second-order valence-corrected chi connectivity index (χ2v) is 9.98. The Morgan fingerprint density at radius 2 is 1.97 bits per heavy atom. The lowest BCUT2D eigenvalue weighted by Gasteiger charge is -2.47. The maximum Gasteiger partial charge on any atom is 0.101 e. The van der Waals surface area contributed by atoms with E-state index in [2.05, 4.69) is 69.9 Å². The first-order valence-corrected chi connectivity index (χ1v) is 11.4. The monoisotopic (exact) mass is 424 g/mol. The van der Waals surface area contributed by atoms with Crippen molar-refractivity contribution >= 4 is 22.3 Å². The molecule has 2 aromatic carbocycles. The van der Waals surface area contributed by atoms with Crippen LogP contribution in [0.3, 0.4) is 0 Å². The zero-order valence-electron chi connectivity index (χ0n) is 18.6. The van der Waals surface area contributed by atoms with Gasteiger partial charge in [-0.1, -0.05) is 6.07 Å². The fourth-order valence-electron chi connectivity index (χ4n) is 5.84. The molecule has 3 aliphatic heterocycles. The highest BCUT2D eigenvalue weighted by Gasteiger charge is 2.40. The number of anilines is 2. The van der Waals surface area contributed by atoms with Gasteiger partial charge in [0.25, 0.3) is 0 Å². The van der Waals surface area contributed by atoms with Crippen molar-refractivity contribution in [2.45, 2.75) is 38.0 Å². The van der Waals surface area contributed by atoms with E-state index in [1.54, 1.807) is 6.20 Å². The maximum atomic E-state index is 9.50. The zero-order chi connectivity index (χ0) is 22.0. The molecule has 0 unspecified atom stereocenters. The van der Waals surface area contributed by atoms with Crippen molar-refractivity contribution in [3.8, 4) is 6.07 Å². The molecule has 0 aliphatic carbocycles. The van der Waals surface area contributed by atoms with Gasteiger partial charge in [0.05, 0.1) is 17.1 Å². The van der Waals surface area contributed by atoms with E-state index in [-0.39, 0.29) is 5.54 Å². The molecule has 1 aromatic heterocycles. The summed E-state index contributed by atoms with van der Waals surface area (Å²) in [6.45, 7) is 9.20. The van der Waals surface area contributed by atoms with Crippen molar-refractivity contribution in [1.82, 2.24) is 9.88 Å². The fourth-order valence-corrected chi connectivity index (χ4v) is 5.84. The maximum absolute atomic E-state index is 9.50. The van der Waals surface area contributed by atoms with E-state index in [1.165, 1.54) is 22.5 Å². The Morgan fingerprint density at radius 1 is 1.12 bits per heavy atom. The number of aromatic nitrogens is 1. The van der Waals surface area contributed by atoms with Crippen LogP contribution in [0.5, 0.6) is 0 Å². The SMILES string of the molecule is C[C@@H]1CN(c2ccc(C#N)c3ncccc23)C[C@@H]2c3ccc(N4CC(C)(N)C4)cc3CN12. The van der Waals surface area contributed by atoms with Gasteiger partial charge in [-0.25, -0.2) is 0 Å². The molecular formula is C26H28N6. The van der Waals surface area contributed by atoms with Gasteiger partial charge in [-0.05, 0) is 61.4 Å². The van der Waals surface area contributed by atoms with Crippen molar-refractivity contribution < 1.29 is 0 Å². The number of hydrogen-bond acceptors (Lipinski definition) is 6. The van der Waals surface area contributed by atoms with Crippen molar-refractivity contribution in [3.05, 3.63) is 65.4 Å². The van der Waals surface area contributed by atoms with Gasteiger partial charge >= 0.3 is 0 Å². The molecule has 2 atom stereocenters. The van der Waals surface area contributed by atoms with E-state index in [4.69, 9.17) is 5.73 Å². The van der Waals surface area contributed by atoms with E-state index in [0.29, 0.717) is 17.6 Å². The highest BCUT2D eigenvalue weighted by Crippen LogP contribution is 2.42. The predicted molar refractivity (Wildman–Crippen MR) is 128 cm³/mol. The second-order valence-electron chi connectivity index (χ2n) is 9.98. The molecule has 3 aliphatic rings. The van der Waals surface area contributed by atoms with Crippen LogP contribution in [-0.4, -0.2) is 47.6 Å². The molecule has 162 valence electrons. The van der Waals surface area contributed by atoms with Crippen LogP contribution in [0.15, 0.2) is 48.7 Å². The number of fused-ring (bicyclic) bond motifs is 4. The molecule has 0 radical (unpaired) electrons. The molecule has 32 heavy (non-hydrogen) atoms. The van der Waals surface area contributed by atoms with E-state index in [9.17, 15) is 5.26 Å². The summed E-state index contributed by atoms with van der Waals surface area (Å²) < 4.78 is 0. The predicted octanol–water partition coefficient (Wildman–Crippen LogP) is 3.41. The standard InChI is InChI=1S/C26H28N6/c1-17-12-30(23-8-5-18(11-27)25-22(23)4-3-9-29-25)14-24-21-7-6-20(10-19(21)13-32(17)24)31-15-26(2,28)16-31/h3-10,17,24H,12-16,28H2,1-2H3/t17-,24-/m1/s1.